The molecule has 2 rings (SSSR count). The molecule has 2 aromatic rings. The predicted octanol–water partition coefficient (Wildman–Crippen LogP) is 3.01. The molecule has 0 fully saturated rings. The summed E-state index contributed by atoms with van der Waals surface area (Å²) in [7, 11) is 0. The van der Waals surface area contributed by atoms with E-state index in [1.807, 2.05) is 0 Å². The van der Waals surface area contributed by atoms with E-state index in [1.54, 1.807) is 13.8 Å². The number of halogens is 3. The summed E-state index contributed by atoms with van der Waals surface area (Å²) in [5, 5.41) is 2.42. The molecule has 112 valence electrons. The second-order valence-electron chi connectivity index (χ2n) is 4.48. The number of hydrogen-bond acceptors (Lipinski definition) is 5. The van der Waals surface area contributed by atoms with Crippen molar-refractivity contribution in [3.63, 3.8) is 0 Å². The molecule has 0 aliphatic carbocycles. The van der Waals surface area contributed by atoms with Gasteiger partial charge >= 0.3 is 0 Å². The van der Waals surface area contributed by atoms with Crippen LogP contribution in [0.3, 0.4) is 0 Å². The summed E-state index contributed by atoms with van der Waals surface area (Å²) in [6.45, 7) is 3.55. The van der Waals surface area contributed by atoms with Crippen LogP contribution in [-0.4, -0.2) is 16.1 Å². The fraction of sp³-hybridized carbons (Fsp3) is 0.231. The lowest BCUT2D eigenvalue weighted by molar-refractivity contribution is 0.234. The standard InChI is InChI=1S/C13H13F3N4O/c1-6(2)21-13-11(17)12(18-5-19-13)20-9-4-7(14)3-8(15)10(9)16/h3-6H,17H2,1-2H3,(H,18,19,20). The minimum Gasteiger partial charge on any atom is -0.473 e. The zero-order valence-electron chi connectivity index (χ0n) is 11.3. The molecule has 0 saturated carbocycles. The Morgan fingerprint density at radius 2 is 1.90 bits per heavy atom. The number of anilines is 3. The van der Waals surface area contributed by atoms with Gasteiger partial charge in [-0.2, -0.15) is 4.98 Å². The van der Waals surface area contributed by atoms with E-state index in [4.69, 9.17) is 10.5 Å². The van der Waals surface area contributed by atoms with E-state index in [1.165, 1.54) is 0 Å². The molecule has 1 aromatic carbocycles. The van der Waals surface area contributed by atoms with Gasteiger partial charge in [-0.15, -0.1) is 0 Å². The maximum Gasteiger partial charge on any atom is 0.242 e. The number of hydrogen-bond donors (Lipinski definition) is 2. The van der Waals surface area contributed by atoms with Crippen LogP contribution in [0.5, 0.6) is 5.88 Å². The molecular weight excluding hydrogens is 285 g/mol. The van der Waals surface area contributed by atoms with Gasteiger partial charge in [-0.05, 0) is 13.8 Å². The minimum absolute atomic E-state index is 0.00951. The second-order valence-corrected chi connectivity index (χ2v) is 4.48. The van der Waals surface area contributed by atoms with Crippen LogP contribution in [0, 0.1) is 17.5 Å². The Labute approximate surface area is 119 Å². The van der Waals surface area contributed by atoms with Gasteiger partial charge in [0.15, 0.2) is 17.5 Å². The molecule has 8 heteroatoms. The molecule has 0 aliphatic rings. The van der Waals surface area contributed by atoms with Crippen molar-refractivity contribution >= 4 is 17.2 Å². The summed E-state index contributed by atoms with van der Waals surface area (Å²) in [5.74, 6) is -3.39. The highest BCUT2D eigenvalue weighted by Gasteiger charge is 2.15. The predicted molar refractivity (Wildman–Crippen MR) is 71.8 cm³/mol. The Balaban J connectivity index is 2.36. The Morgan fingerprint density at radius 1 is 1.19 bits per heavy atom. The first-order valence-electron chi connectivity index (χ1n) is 6.07. The van der Waals surface area contributed by atoms with E-state index in [2.05, 4.69) is 15.3 Å². The van der Waals surface area contributed by atoms with Crippen molar-refractivity contribution in [2.24, 2.45) is 0 Å². The maximum atomic E-state index is 13.6. The van der Waals surface area contributed by atoms with Gasteiger partial charge in [0.05, 0.1) is 11.8 Å². The van der Waals surface area contributed by atoms with Crippen molar-refractivity contribution in [2.45, 2.75) is 20.0 Å². The van der Waals surface area contributed by atoms with Gasteiger partial charge in [0.1, 0.15) is 17.8 Å². The largest absolute Gasteiger partial charge is 0.473 e. The van der Waals surface area contributed by atoms with Gasteiger partial charge in [0.2, 0.25) is 5.88 Å². The molecule has 3 N–H and O–H groups in total. The van der Waals surface area contributed by atoms with E-state index in [-0.39, 0.29) is 23.5 Å². The Bertz CT molecular complexity index is 664. The summed E-state index contributed by atoms with van der Waals surface area (Å²) < 4.78 is 45.2. The van der Waals surface area contributed by atoms with Gasteiger partial charge in [-0.3, -0.25) is 0 Å². The third-order valence-corrected chi connectivity index (χ3v) is 2.44. The van der Waals surface area contributed by atoms with E-state index in [9.17, 15) is 13.2 Å². The topological polar surface area (TPSA) is 73.1 Å². The summed E-state index contributed by atoms with van der Waals surface area (Å²) in [6.07, 6.45) is 0.961. The summed E-state index contributed by atoms with van der Waals surface area (Å²) in [6, 6.07) is 1.24. The fourth-order valence-electron chi connectivity index (χ4n) is 1.57. The quantitative estimate of drug-likeness (QED) is 0.849. The molecule has 1 heterocycles. The van der Waals surface area contributed by atoms with Crippen molar-refractivity contribution in [3.8, 4) is 5.88 Å². The number of ether oxygens (including phenoxy) is 1. The van der Waals surface area contributed by atoms with E-state index in [0.717, 1.165) is 12.4 Å². The van der Waals surface area contributed by atoms with Gasteiger partial charge in [-0.1, -0.05) is 0 Å². The Kier molecular flexibility index (Phi) is 4.15. The number of nitrogens with two attached hydrogens (primary N) is 1. The second kappa shape index (κ2) is 5.86. The molecule has 5 nitrogen and oxygen atoms in total. The third kappa shape index (κ3) is 3.33. The average Bonchev–Trinajstić information content (AvgIpc) is 2.39. The summed E-state index contributed by atoms with van der Waals surface area (Å²) in [5.41, 5.74) is 5.37. The first-order chi connectivity index (χ1) is 9.88. The molecule has 0 atom stereocenters. The number of benzene rings is 1. The SMILES string of the molecule is CC(C)Oc1ncnc(Nc2cc(F)cc(F)c2F)c1N. The van der Waals surface area contributed by atoms with Crippen LogP contribution < -0.4 is 15.8 Å². The van der Waals surface area contributed by atoms with E-state index in [0.29, 0.717) is 6.07 Å². The lowest BCUT2D eigenvalue weighted by Crippen LogP contribution is -2.11. The van der Waals surface area contributed by atoms with Gasteiger partial charge in [-0.25, -0.2) is 18.2 Å². The highest BCUT2D eigenvalue weighted by Crippen LogP contribution is 2.29. The van der Waals surface area contributed by atoms with Crippen LogP contribution in [0.1, 0.15) is 13.8 Å². The molecule has 0 radical (unpaired) electrons. The number of rotatable bonds is 4. The molecule has 0 aliphatic heterocycles. The number of nitrogens with one attached hydrogen (secondary N) is 1. The zero-order valence-corrected chi connectivity index (χ0v) is 11.3. The first-order valence-corrected chi connectivity index (χ1v) is 6.07. The van der Waals surface area contributed by atoms with Gasteiger partial charge in [0.25, 0.3) is 0 Å². The molecule has 1 aromatic heterocycles. The fourth-order valence-corrected chi connectivity index (χ4v) is 1.57. The monoisotopic (exact) mass is 298 g/mol. The lowest BCUT2D eigenvalue weighted by atomic mass is 10.2. The Hall–Kier alpha value is -2.51. The maximum absolute atomic E-state index is 13.6. The van der Waals surface area contributed by atoms with Crippen molar-refractivity contribution in [1.82, 2.24) is 9.97 Å². The highest BCUT2D eigenvalue weighted by molar-refractivity contribution is 5.72. The smallest absolute Gasteiger partial charge is 0.242 e. The van der Waals surface area contributed by atoms with Crippen LogP contribution in [0.2, 0.25) is 0 Å². The van der Waals surface area contributed by atoms with Crippen LogP contribution in [-0.2, 0) is 0 Å². The summed E-state index contributed by atoms with van der Waals surface area (Å²) in [4.78, 5) is 7.64. The molecule has 0 bridgehead atoms. The first kappa shape index (κ1) is 14.9. The van der Waals surface area contributed by atoms with Crippen LogP contribution in [0.15, 0.2) is 18.5 Å². The van der Waals surface area contributed by atoms with Crippen molar-refractivity contribution in [2.75, 3.05) is 11.1 Å². The molecule has 0 spiro atoms. The van der Waals surface area contributed by atoms with E-state index < -0.39 is 23.1 Å². The summed E-state index contributed by atoms with van der Waals surface area (Å²) >= 11 is 0. The average molecular weight is 298 g/mol. The minimum atomic E-state index is -1.32. The van der Waals surface area contributed by atoms with Crippen molar-refractivity contribution in [1.29, 1.82) is 0 Å². The number of aromatic nitrogens is 2. The van der Waals surface area contributed by atoms with Gasteiger partial charge < -0.3 is 15.8 Å². The molecule has 0 unspecified atom stereocenters. The van der Waals surface area contributed by atoms with Crippen molar-refractivity contribution in [3.05, 3.63) is 35.9 Å². The van der Waals surface area contributed by atoms with Crippen LogP contribution in [0.25, 0.3) is 0 Å². The molecule has 0 amide bonds. The highest BCUT2D eigenvalue weighted by atomic mass is 19.2. The van der Waals surface area contributed by atoms with Gasteiger partial charge in [0, 0.05) is 12.1 Å². The Morgan fingerprint density at radius 3 is 2.57 bits per heavy atom. The van der Waals surface area contributed by atoms with Crippen molar-refractivity contribution < 1.29 is 17.9 Å². The molecular formula is C13H13F3N4O. The van der Waals surface area contributed by atoms with E-state index >= 15 is 0 Å². The number of nitrogen functional groups attached to an aromatic ring is 1. The van der Waals surface area contributed by atoms with Crippen LogP contribution >= 0.6 is 0 Å². The molecule has 21 heavy (non-hydrogen) atoms. The zero-order chi connectivity index (χ0) is 15.6. The normalized spacial score (nSPS) is 10.8. The third-order valence-electron chi connectivity index (χ3n) is 2.44. The molecule has 0 saturated heterocycles. The van der Waals surface area contributed by atoms with Crippen LogP contribution in [0.4, 0.5) is 30.4 Å². The lowest BCUT2D eigenvalue weighted by Gasteiger charge is -2.14. The number of nitrogens with zero attached hydrogens (tertiary/aromatic N) is 2.